The molecule has 0 spiro atoms. The van der Waals surface area contributed by atoms with Crippen molar-refractivity contribution >= 4 is 45.0 Å². The first-order chi connectivity index (χ1) is 14.2. The fourth-order valence-electron chi connectivity index (χ4n) is 3.76. The number of nitrogens with one attached hydrogen (secondary N) is 2. The van der Waals surface area contributed by atoms with Crippen LogP contribution < -0.4 is 10.6 Å². The van der Waals surface area contributed by atoms with Gasteiger partial charge in [0.2, 0.25) is 5.91 Å². The normalized spacial score (nSPS) is 11.2. The molecule has 29 heavy (non-hydrogen) atoms. The molecule has 0 aliphatic heterocycles. The molecule has 3 aromatic carbocycles. The van der Waals surface area contributed by atoms with E-state index in [-0.39, 0.29) is 12.5 Å². The van der Waals surface area contributed by atoms with Gasteiger partial charge in [-0.25, -0.2) is 0 Å². The number of nitrogens with zero attached hydrogens (tertiary/aromatic N) is 1. The fourth-order valence-corrected chi connectivity index (χ4v) is 3.89. The number of hydrogen-bond donors (Lipinski definition) is 2. The monoisotopic (exact) mass is 405 g/mol. The van der Waals surface area contributed by atoms with Gasteiger partial charge in [-0.2, -0.15) is 0 Å². The van der Waals surface area contributed by atoms with Crippen molar-refractivity contribution in [3.63, 3.8) is 0 Å². The number of carbonyl (C=O) groups excluding carboxylic acids is 1. The quantitative estimate of drug-likeness (QED) is 0.413. The van der Waals surface area contributed by atoms with E-state index >= 15 is 0 Å². The van der Waals surface area contributed by atoms with Crippen molar-refractivity contribution in [2.45, 2.75) is 19.9 Å². The van der Waals surface area contributed by atoms with Gasteiger partial charge in [-0.05, 0) is 61.9 Å². The molecule has 1 amide bonds. The topological polar surface area (TPSA) is 46.1 Å². The Balaban J connectivity index is 1.39. The summed E-state index contributed by atoms with van der Waals surface area (Å²) in [6.45, 7) is 4.07. The van der Waals surface area contributed by atoms with Gasteiger partial charge in [-0.15, -0.1) is 0 Å². The summed E-state index contributed by atoms with van der Waals surface area (Å²) in [5, 5.41) is 9.31. The molecule has 0 saturated carbocycles. The SMILES string of the molecule is CCn1c2ccccc2c2cc(NC(=O)CNCCc3ccc(Cl)cc3)ccc21. The van der Waals surface area contributed by atoms with Gasteiger partial charge >= 0.3 is 0 Å². The highest BCUT2D eigenvalue weighted by molar-refractivity contribution is 6.30. The smallest absolute Gasteiger partial charge is 0.238 e. The Kier molecular flexibility index (Phi) is 5.84. The summed E-state index contributed by atoms with van der Waals surface area (Å²) in [6, 6.07) is 22.3. The maximum atomic E-state index is 12.3. The van der Waals surface area contributed by atoms with Crippen LogP contribution in [0.25, 0.3) is 21.8 Å². The second-order valence-corrected chi connectivity index (χ2v) is 7.53. The predicted molar refractivity (Wildman–Crippen MR) is 122 cm³/mol. The van der Waals surface area contributed by atoms with Crippen LogP contribution in [0, 0.1) is 0 Å². The van der Waals surface area contributed by atoms with E-state index in [2.05, 4.69) is 58.5 Å². The van der Waals surface area contributed by atoms with Crippen molar-refractivity contribution in [3.8, 4) is 0 Å². The summed E-state index contributed by atoms with van der Waals surface area (Å²) in [7, 11) is 0. The Morgan fingerprint density at radius 3 is 2.52 bits per heavy atom. The van der Waals surface area contributed by atoms with E-state index < -0.39 is 0 Å². The largest absolute Gasteiger partial charge is 0.341 e. The molecule has 4 nitrogen and oxygen atoms in total. The predicted octanol–water partition coefficient (Wildman–Crippen LogP) is 5.24. The van der Waals surface area contributed by atoms with E-state index in [0.29, 0.717) is 0 Å². The third-order valence-corrected chi connectivity index (χ3v) is 5.41. The molecule has 4 rings (SSSR count). The number of aromatic nitrogens is 1. The zero-order valence-electron chi connectivity index (χ0n) is 16.4. The molecule has 0 aliphatic carbocycles. The Hall–Kier alpha value is -2.82. The van der Waals surface area contributed by atoms with Crippen LogP contribution in [0.4, 0.5) is 5.69 Å². The van der Waals surface area contributed by atoms with Crippen LogP contribution in [0.5, 0.6) is 0 Å². The lowest BCUT2D eigenvalue weighted by Gasteiger charge is -2.08. The van der Waals surface area contributed by atoms with Gasteiger partial charge in [0.1, 0.15) is 0 Å². The molecule has 0 bridgehead atoms. The maximum absolute atomic E-state index is 12.3. The first kappa shape index (κ1) is 19.5. The molecular weight excluding hydrogens is 382 g/mol. The number of fused-ring (bicyclic) bond motifs is 3. The lowest BCUT2D eigenvalue weighted by Crippen LogP contribution is -2.29. The first-order valence-corrected chi connectivity index (χ1v) is 10.3. The summed E-state index contributed by atoms with van der Waals surface area (Å²) < 4.78 is 2.30. The van der Waals surface area contributed by atoms with Gasteiger partial charge in [-0.1, -0.05) is 41.9 Å². The number of benzene rings is 3. The number of para-hydroxylation sites is 1. The molecule has 1 heterocycles. The molecule has 0 saturated heterocycles. The van der Waals surface area contributed by atoms with E-state index in [1.807, 2.05) is 30.3 Å². The number of halogens is 1. The highest BCUT2D eigenvalue weighted by Crippen LogP contribution is 2.30. The van der Waals surface area contributed by atoms with Gasteiger partial charge in [0.15, 0.2) is 0 Å². The minimum atomic E-state index is -0.0420. The minimum absolute atomic E-state index is 0.0420. The highest BCUT2D eigenvalue weighted by Gasteiger charge is 2.10. The number of anilines is 1. The summed E-state index contributed by atoms with van der Waals surface area (Å²) >= 11 is 5.90. The molecule has 0 fully saturated rings. The lowest BCUT2D eigenvalue weighted by molar-refractivity contribution is -0.115. The average molecular weight is 406 g/mol. The number of carbonyl (C=O) groups is 1. The van der Waals surface area contributed by atoms with Gasteiger partial charge in [0.25, 0.3) is 0 Å². The highest BCUT2D eigenvalue weighted by atomic mass is 35.5. The molecule has 5 heteroatoms. The average Bonchev–Trinajstić information content (AvgIpc) is 3.05. The maximum Gasteiger partial charge on any atom is 0.238 e. The number of amides is 1. The van der Waals surface area contributed by atoms with Gasteiger partial charge < -0.3 is 15.2 Å². The number of rotatable bonds is 7. The second-order valence-electron chi connectivity index (χ2n) is 7.09. The van der Waals surface area contributed by atoms with Crippen molar-refractivity contribution in [2.24, 2.45) is 0 Å². The van der Waals surface area contributed by atoms with Crippen LogP contribution >= 0.6 is 11.6 Å². The molecule has 1 aromatic heterocycles. The summed E-state index contributed by atoms with van der Waals surface area (Å²) in [5.74, 6) is -0.0420. The van der Waals surface area contributed by atoms with Crippen LogP contribution in [-0.2, 0) is 17.8 Å². The summed E-state index contributed by atoms with van der Waals surface area (Å²) in [6.07, 6.45) is 0.854. The summed E-state index contributed by atoms with van der Waals surface area (Å²) in [4.78, 5) is 12.3. The van der Waals surface area contributed by atoms with E-state index in [1.165, 1.54) is 22.0 Å². The molecule has 0 aliphatic rings. The molecule has 0 unspecified atom stereocenters. The molecular formula is C24H24ClN3O. The molecule has 148 valence electrons. The standard InChI is InChI=1S/C24H24ClN3O/c1-2-28-22-6-4-3-5-20(22)21-15-19(11-12-23(21)28)27-24(29)16-26-14-13-17-7-9-18(25)10-8-17/h3-12,15,26H,2,13-14,16H2,1H3,(H,27,29). The van der Waals surface area contributed by atoms with Crippen molar-refractivity contribution < 1.29 is 4.79 Å². The first-order valence-electron chi connectivity index (χ1n) is 9.91. The van der Waals surface area contributed by atoms with Crippen molar-refractivity contribution in [1.82, 2.24) is 9.88 Å². The molecule has 2 N–H and O–H groups in total. The molecule has 0 radical (unpaired) electrons. The van der Waals surface area contributed by atoms with Crippen LogP contribution in [0.15, 0.2) is 66.7 Å². The molecule has 0 atom stereocenters. The van der Waals surface area contributed by atoms with Crippen molar-refractivity contribution in [1.29, 1.82) is 0 Å². The molecule has 4 aromatic rings. The van der Waals surface area contributed by atoms with E-state index in [4.69, 9.17) is 11.6 Å². The van der Waals surface area contributed by atoms with Gasteiger partial charge in [-0.3, -0.25) is 4.79 Å². The minimum Gasteiger partial charge on any atom is -0.341 e. The van der Waals surface area contributed by atoms with E-state index in [9.17, 15) is 4.79 Å². The lowest BCUT2D eigenvalue weighted by atomic mass is 10.1. The van der Waals surface area contributed by atoms with Crippen LogP contribution in [0.2, 0.25) is 5.02 Å². The number of aryl methyl sites for hydroxylation is 1. The van der Waals surface area contributed by atoms with Crippen LogP contribution in [0.1, 0.15) is 12.5 Å². The Morgan fingerprint density at radius 1 is 0.966 bits per heavy atom. The fraction of sp³-hybridized carbons (Fsp3) is 0.208. The van der Waals surface area contributed by atoms with Gasteiger partial charge in [0.05, 0.1) is 6.54 Å². The summed E-state index contributed by atoms with van der Waals surface area (Å²) in [5.41, 5.74) is 4.42. The second kappa shape index (κ2) is 8.68. The zero-order valence-corrected chi connectivity index (χ0v) is 17.2. The van der Waals surface area contributed by atoms with Gasteiger partial charge in [0, 0.05) is 39.1 Å². The van der Waals surface area contributed by atoms with Crippen LogP contribution in [-0.4, -0.2) is 23.6 Å². The third kappa shape index (κ3) is 4.29. The Bertz CT molecular complexity index is 1150. The Morgan fingerprint density at radius 2 is 1.72 bits per heavy atom. The third-order valence-electron chi connectivity index (χ3n) is 5.16. The zero-order chi connectivity index (χ0) is 20.2. The van der Waals surface area contributed by atoms with Crippen molar-refractivity contribution in [3.05, 3.63) is 77.3 Å². The van der Waals surface area contributed by atoms with E-state index in [1.54, 1.807) is 0 Å². The van der Waals surface area contributed by atoms with Crippen molar-refractivity contribution in [2.75, 3.05) is 18.4 Å². The van der Waals surface area contributed by atoms with Crippen LogP contribution in [0.3, 0.4) is 0 Å². The van der Waals surface area contributed by atoms with E-state index in [0.717, 1.165) is 35.6 Å². The Labute approximate surface area is 175 Å². The number of hydrogen-bond acceptors (Lipinski definition) is 2.